The quantitative estimate of drug-likeness (QED) is 0.232. The molecule has 0 spiro atoms. The molecule has 8 heteroatoms. The van der Waals surface area contributed by atoms with Crippen LogP contribution >= 0.6 is 46.8 Å². The van der Waals surface area contributed by atoms with Crippen LogP contribution in [0.4, 0.5) is 0 Å². The van der Waals surface area contributed by atoms with Crippen LogP contribution in [0.3, 0.4) is 0 Å². The van der Waals surface area contributed by atoms with Crippen molar-refractivity contribution in [2.75, 3.05) is 0 Å². The average molecular weight is 532 g/mol. The number of rotatable bonds is 3. The van der Waals surface area contributed by atoms with Gasteiger partial charge >= 0.3 is 0 Å². The van der Waals surface area contributed by atoms with Crippen LogP contribution < -0.4 is 10.1 Å². The van der Waals surface area contributed by atoms with Gasteiger partial charge < -0.3 is 4.57 Å². The van der Waals surface area contributed by atoms with Gasteiger partial charge in [-0.15, -0.1) is 0 Å². The lowest BCUT2D eigenvalue weighted by atomic mass is 10.1. The number of halogens is 2. The number of fused-ring (bicyclic) bond motifs is 2. The third-order valence-electron chi connectivity index (χ3n) is 5.77. The Labute approximate surface area is 218 Å². The van der Waals surface area contributed by atoms with Crippen LogP contribution in [0.25, 0.3) is 38.9 Å². The second-order valence-electron chi connectivity index (χ2n) is 7.94. The lowest BCUT2D eigenvalue weighted by molar-refractivity contribution is 1.05. The lowest BCUT2D eigenvalue weighted by Crippen LogP contribution is -2.23. The van der Waals surface area contributed by atoms with E-state index in [0.717, 1.165) is 27.8 Å². The molecule has 0 N–H and O–H groups in total. The predicted octanol–water partition coefficient (Wildman–Crippen LogP) is 6.95. The average Bonchev–Trinajstić information content (AvgIpc) is 3.40. The molecule has 3 aromatic heterocycles. The number of nitrogens with zero attached hydrogens (tertiary/aromatic N) is 3. The molecular weight excluding hydrogens is 517 g/mol. The Bertz CT molecular complexity index is 1910. The first-order valence-corrected chi connectivity index (χ1v) is 12.7. The summed E-state index contributed by atoms with van der Waals surface area (Å²) in [5.74, 6) is 0. The Hall–Kier alpha value is -3.29. The normalized spacial score (nSPS) is 12.1. The Morgan fingerprint density at radius 2 is 1.63 bits per heavy atom. The molecule has 6 rings (SSSR count). The summed E-state index contributed by atoms with van der Waals surface area (Å²) < 4.78 is 4.48. The fraction of sp³-hybridized carbons (Fsp3) is 0. The minimum Gasteiger partial charge on any atom is -0.300 e. The first-order valence-electron chi connectivity index (χ1n) is 10.7. The van der Waals surface area contributed by atoms with Crippen LogP contribution in [0.15, 0.2) is 89.9 Å². The number of hydrogen-bond donors (Lipinski definition) is 0. The maximum absolute atomic E-state index is 13.4. The molecule has 3 aromatic carbocycles. The fourth-order valence-corrected chi connectivity index (χ4v) is 5.80. The van der Waals surface area contributed by atoms with E-state index in [9.17, 15) is 4.79 Å². The van der Waals surface area contributed by atoms with Gasteiger partial charge in [-0.2, -0.15) is 0 Å². The summed E-state index contributed by atoms with van der Waals surface area (Å²) in [6.07, 6.45) is 3.85. The Kier molecular flexibility index (Phi) is 5.54. The molecule has 0 bridgehead atoms. The Balaban J connectivity index is 1.72. The van der Waals surface area contributed by atoms with E-state index in [1.54, 1.807) is 12.1 Å². The van der Waals surface area contributed by atoms with Crippen LogP contribution in [-0.4, -0.2) is 14.0 Å². The monoisotopic (exact) mass is 531 g/mol. The molecule has 4 nitrogen and oxygen atoms in total. The summed E-state index contributed by atoms with van der Waals surface area (Å²) in [6, 6.07) is 25.1. The van der Waals surface area contributed by atoms with Gasteiger partial charge in [0.2, 0.25) is 0 Å². The molecule has 0 saturated carbocycles. The highest BCUT2D eigenvalue weighted by Crippen LogP contribution is 2.34. The molecular formula is C27H15Cl2N3OS2. The second-order valence-corrected chi connectivity index (χ2v) is 10.1. The van der Waals surface area contributed by atoms with Crippen molar-refractivity contribution in [3.63, 3.8) is 0 Å². The van der Waals surface area contributed by atoms with E-state index >= 15 is 0 Å². The zero-order chi connectivity index (χ0) is 24.1. The highest BCUT2D eigenvalue weighted by Gasteiger charge is 2.19. The van der Waals surface area contributed by atoms with Crippen LogP contribution in [0.1, 0.15) is 5.56 Å². The van der Waals surface area contributed by atoms with Crippen LogP contribution in [0, 0.1) is 4.64 Å². The van der Waals surface area contributed by atoms with E-state index in [1.165, 1.54) is 15.7 Å². The van der Waals surface area contributed by atoms with Crippen molar-refractivity contribution in [1.29, 1.82) is 0 Å². The zero-order valence-corrected chi connectivity index (χ0v) is 21.1. The fourth-order valence-electron chi connectivity index (χ4n) is 4.12. The molecule has 3 heterocycles. The first-order chi connectivity index (χ1) is 17.0. The van der Waals surface area contributed by atoms with Crippen LogP contribution in [-0.2, 0) is 0 Å². The SMILES string of the molecule is O=c1/c(=C/c2ccccc2)sc2nc3c(c(-c4ccccc4)cn3-c3ccc(Cl)c(Cl)c3)c(=S)n12. The van der Waals surface area contributed by atoms with Crippen LogP contribution in [0.2, 0.25) is 10.0 Å². The molecule has 0 radical (unpaired) electrons. The number of aromatic nitrogens is 3. The molecule has 170 valence electrons. The van der Waals surface area contributed by atoms with Crippen molar-refractivity contribution in [3.05, 3.63) is 120 Å². The molecule has 0 atom stereocenters. The van der Waals surface area contributed by atoms with Gasteiger partial charge in [-0.05, 0) is 35.4 Å². The zero-order valence-electron chi connectivity index (χ0n) is 18.0. The van der Waals surface area contributed by atoms with Gasteiger partial charge in [0.1, 0.15) is 4.64 Å². The Morgan fingerprint density at radius 3 is 2.34 bits per heavy atom. The minimum atomic E-state index is -0.172. The van der Waals surface area contributed by atoms with Crippen molar-refractivity contribution in [1.82, 2.24) is 14.0 Å². The molecule has 0 fully saturated rings. The number of hydrogen-bond acceptors (Lipinski definition) is 4. The lowest BCUT2D eigenvalue weighted by Gasteiger charge is -2.06. The van der Waals surface area contributed by atoms with E-state index in [0.29, 0.717) is 29.8 Å². The van der Waals surface area contributed by atoms with Gasteiger partial charge in [-0.1, -0.05) is 107 Å². The minimum absolute atomic E-state index is 0.172. The van der Waals surface area contributed by atoms with E-state index in [-0.39, 0.29) is 5.56 Å². The molecule has 0 aliphatic heterocycles. The van der Waals surface area contributed by atoms with Gasteiger partial charge in [0.05, 0.1) is 20.0 Å². The summed E-state index contributed by atoms with van der Waals surface area (Å²) in [7, 11) is 0. The van der Waals surface area contributed by atoms with Gasteiger partial charge in [0.15, 0.2) is 10.6 Å². The summed E-state index contributed by atoms with van der Waals surface area (Å²) in [6.45, 7) is 0. The van der Waals surface area contributed by atoms with E-state index < -0.39 is 0 Å². The van der Waals surface area contributed by atoms with Crippen molar-refractivity contribution in [2.24, 2.45) is 0 Å². The maximum atomic E-state index is 13.4. The van der Waals surface area contributed by atoms with E-state index in [1.807, 2.05) is 83.6 Å². The van der Waals surface area contributed by atoms with E-state index in [2.05, 4.69) is 0 Å². The highest BCUT2D eigenvalue weighted by molar-refractivity contribution is 7.71. The maximum Gasteiger partial charge on any atom is 0.275 e. The van der Waals surface area contributed by atoms with Gasteiger partial charge in [0, 0.05) is 17.4 Å². The standard InChI is InChI=1S/C27H15Cl2N3OS2/c28-20-12-11-18(14-21(20)29)31-15-19(17-9-5-2-6-10-17)23-24(31)30-27-32(26(23)34)25(33)22(35-27)13-16-7-3-1-4-8-16/h1-15H/b22-13-. The second kappa shape index (κ2) is 8.73. The van der Waals surface area contributed by atoms with Crippen molar-refractivity contribution in [2.45, 2.75) is 0 Å². The number of thiazole rings is 1. The van der Waals surface area contributed by atoms with Crippen molar-refractivity contribution in [3.8, 4) is 16.8 Å². The number of benzene rings is 3. The van der Waals surface area contributed by atoms with Crippen molar-refractivity contribution >= 4 is 68.8 Å². The molecule has 0 amide bonds. The summed E-state index contributed by atoms with van der Waals surface area (Å²) >= 11 is 19.7. The van der Waals surface area contributed by atoms with Crippen molar-refractivity contribution < 1.29 is 0 Å². The molecule has 0 unspecified atom stereocenters. The third kappa shape index (κ3) is 3.79. The molecule has 6 aromatic rings. The van der Waals surface area contributed by atoms with E-state index in [4.69, 9.17) is 40.4 Å². The largest absolute Gasteiger partial charge is 0.300 e. The topological polar surface area (TPSA) is 39.3 Å². The summed E-state index contributed by atoms with van der Waals surface area (Å²) in [5.41, 5.74) is 4.08. The summed E-state index contributed by atoms with van der Waals surface area (Å²) in [4.78, 5) is 18.9. The predicted molar refractivity (Wildman–Crippen MR) is 148 cm³/mol. The molecule has 0 aliphatic carbocycles. The Morgan fingerprint density at radius 1 is 0.914 bits per heavy atom. The third-order valence-corrected chi connectivity index (χ3v) is 7.86. The smallest absolute Gasteiger partial charge is 0.275 e. The molecule has 35 heavy (non-hydrogen) atoms. The summed E-state index contributed by atoms with van der Waals surface area (Å²) in [5, 5.41) is 1.65. The van der Waals surface area contributed by atoms with Gasteiger partial charge in [0.25, 0.3) is 5.56 Å². The highest BCUT2D eigenvalue weighted by atomic mass is 35.5. The molecule has 0 saturated heterocycles. The van der Waals surface area contributed by atoms with Gasteiger partial charge in [-0.3, -0.25) is 4.79 Å². The van der Waals surface area contributed by atoms with Gasteiger partial charge in [-0.25, -0.2) is 9.38 Å². The first kappa shape index (κ1) is 22.2. The van der Waals surface area contributed by atoms with Crippen LogP contribution in [0.5, 0.6) is 0 Å². The molecule has 0 aliphatic rings.